The number of carbonyl (C=O) groups excluding carboxylic acids is 1. The first-order chi connectivity index (χ1) is 15.6. The van der Waals surface area contributed by atoms with Crippen LogP contribution in [-0.2, 0) is 12.6 Å². The molecule has 0 N–H and O–H groups in total. The van der Waals surface area contributed by atoms with Crippen LogP contribution in [0.3, 0.4) is 0 Å². The highest BCUT2D eigenvalue weighted by atomic mass is 16.5. The van der Waals surface area contributed by atoms with Gasteiger partial charge in [-0.25, -0.2) is 0 Å². The van der Waals surface area contributed by atoms with Crippen LogP contribution in [-0.4, -0.2) is 38.8 Å². The number of amides is 1. The molecule has 7 nitrogen and oxygen atoms in total. The summed E-state index contributed by atoms with van der Waals surface area (Å²) in [5, 5.41) is 8.60. The lowest BCUT2D eigenvalue weighted by molar-refractivity contribution is -0.00281. The number of nitrogens with zero attached hydrogens (tertiary/aromatic N) is 4. The van der Waals surface area contributed by atoms with E-state index < -0.39 is 5.60 Å². The number of ether oxygens (including phenoxy) is 1. The fourth-order valence-corrected chi connectivity index (χ4v) is 4.83. The van der Waals surface area contributed by atoms with Crippen LogP contribution < -0.4 is 4.74 Å². The van der Waals surface area contributed by atoms with Gasteiger partial charge in [0.05, 0.1) is 11.9 Å². The molecule has 2 aromatic heterocycles. The first kappa shape index (κ1) is 18.9. The maximum atomic E-state index is 13.1. The fraction of sp³-hybridized carbons (Fsp3) is 0.240. The van der Waals surface area contributed by atoms with Crippen molar-refractivity contribution in [3.05, 3.63) is 78.2 Å². The zero-order valence-electron chi connectivity index (χ0n) is 17.7. The number of aromatic nitrogens is 3. The minimum atomic E-state index is -0.481. The van der Waals surface area contributed by atoms with E-state index >= 15 is 0 Å². The lowest BCUT2D eigenvalue weighted by atomic mass is 9.81. The van der Waals surface area contributed by atoms with Gasteiger partial charge in [0.2, 0.25) is 5.76 Å². The van der Waals surface area contributed by atoms with E-state index in [2.05, 4.69) is 16.3 Å². The highest BCUT2D eigenvalue weighted by Crippen LogP contribution is 2.49. The summed E-state index contributed by atoms with van der Waals surface area (Å²) in [4.78, 5) is 14.9. The summed E-state index contributed by atoms with van der Waals surface area (Å²) >= 11 is 0. The first-order valence-electron chi connectivity index (χ1n) is 10.8. The number of hydrogen-bond donors (Lipinski definition) is 0. The number of fused-ring (bicyclic) bond motifs is 4. The van der Waals surface area contributed by atoms with Gasteiger partial charge < -0.3 is 14.2 Å². The molecule has 4 heterocycles. The van der Waals surface area contributed by atoms with Gasteiger partial charge >= 0.3 is 0 Å². The maximum Gasteiger partial charge on any atom is 0.292 e. The van der Waals surface area contributed by atoms with E-state index in [-0.39, 0.29) is 11.7 Å². The summed E-state index contributed by atoms with van der Waals surface area (Å²) in [7, 11) is 1.96. The average Bonchev–Trinajstić information content (AvgIpc) is 3.48. The number of likely N-dealkylation sites (tertiary alicyclic amines) is 1. The van der Waals surface area contributed by atoms with Crippen molar-refractivity contribution in [2.45, 2.75) is 18.4 Å². The zero-order valence-corrected chi connectivity index (χ0v) is 17.7. The average molecular weight is 426 g/mol. The maximum absolute atomic E-state index is 13.1. The van der Waals surface area contributed by atoms with E-state index in [4.69, 9.17) is 9.26 Å². The summed E-state index contributed by atoms with van der Waals surface area (Å²) in [6, 6.07) is 19.5. The smallest absolute Gasteiger partial charge is 0.292 e. The van der Waals surface area contributed by atoms with Crippen molar-refractivity contribution >= 4 is 5.91 Å². The lowest BCUT2D eigenvalue weighted by Gasteiger charge is -2.44. The molecular weight excluding hydrogens is 404 g/mol. The number of carbonyl (C=O) groups is 1. The Hall–Kier alpha value is -3.87. The van der Waals surface area contributed by atoms with Crippen LogP contribution in [0.5, 0.6) is 5.75 Å². The Morgan fingerprint density at radius 3 is 2.59 bits per heavy atom. The molecule has 0 unspecified atom stereocenters. The molecule has 32 heavy (non-hydrogen) atoms. The van der Waals surface area contributed by atoms with Crippen LogP contribution >= 0.6 is 0 Å². The third-order valence-corrected chi connectivity index (χ3v) is 6.53. The van der Waals surface area contributed by atoms with Crippen LogP contribution in [0.2, 0.25) is 0 Å². The Labute approximate surface area is 185 Å². The Balaban J connectivity index is 1.24. The van der Waals surface area contributed by atoms with Crippen LogP contribution in [0, 0.1) is 0 Å². The predicted octanol–water partition coefficient (Wildman–Crippen LogP) is 4.27. The van der Waals surface area contributed by atoms with Crippen LogP contribution in [0.1, 0.15) is 29.0 Å². The third-order valence-electron chi connectivity index (χ3n) is 6.53. The summed E-state index contributed by atoms with van der Waals surface area (Å²) in [5.41, 5.74) is 4.35. The molecule has 2 aromatic carbocycles. The highest BCUT2D eigenvalue weighted by Gasteiger charge is 2.46. The molecule has 2 aliphatic rings. The molecule has 6 rings (SSSR count). The largest absolute Gasteiger partial charge is 0.482 e. The monoisotopic (exact) mass is 426 g/mol. The third kappa shape index (κ3) is 2.85. The highest BCUT2D eigenvalue weighted by molar-refractivity contribution is 5.92. The molecule has 0 saturated carbocycles. The molecule has 160 valence electrons. The summed E-state index contributed by atoms with van der Waals surface area (Å²) < 4.78 is 13.9. The minimum absolute atomic E-state index is 0.142. The molecule has 0 aliphatic carbocycles. The van der Waals surface area contributed by atoms with E-state index in [0.29, 0.717) is 31.6 Å². The molecule has 2 aliphatic heterocycles. The molecular formula is C25H22N4O3. The second kappa shape index (κ2) is 7.09. The van der Waals surface area contributed by atoms with E-state index in [9.17, 15) is 4.79 Å². The lowest BCUT2D eigenvalue weighted by Crippen LogP contribution is -2.49. The van der Waals surface area contributed by atoms with Crippen molar-refractivity contribution in [1.29, 1.82) is 0 Å². The van der Waals surface area contributed by atoms with Crippen molar-refractivity contribution in [1.82, 2.24) is 19.8 Å². The quantitative estimate of drug-likeness (QED) is 0.479. The van der Waals surface area contributed by atoms with Gasteiger partial charge in [0.15, 0.2) is 0 Å². The second-order valence-electron chi connectivity index (χ2n) is 8.36. The van der Waals surface area contributed by atoms with Crippen LogP contribution in [0.15, 0.2) is 71.4 Å². The zero-order chi connectivity index (χ0) is 21.7. The summed E-state index contributed by atoms with van der Waals surface area (Å²) in [6.45, 7) is 1.13. The van der Waals surface area contributed by atoms with E-state index in [1.165, 1.54) is 0 Å². The minimum Gasteiger partial charge on any atom is -0.482 e. The van der Waals surface area contributed by atoms with Gasteiger partial charge in [-0.2, -0.15) is 5.10 Å². The molecule has 0 radical (unpaired) electrons. The summed E-state index contributed by atoms with van der Waals surface area (Å²) in [5.74, 6) is 0.986. The Morgan fingerprint density at radius 1 is 1.03 bits per heavy atom. The first-order valence-corrected chi connectivity index (χ1v) is 10.8. The summed E-state index contributed by atoms with van der Waals surface area (Å²) in [6.07, 6.45) is 3.28. The van der Waals surface area contributed by atoms with Gasteiger partial charge in [-0.1, -0.05) is 47.6 Å². The van der Waals surface area contributed by atoms with Crippen molar-refractivity contribution in [3.63, 3.8) is 0 Å². The van der Waals surface area contributed by atoms with E-state index in [0.717, 1.165) is 28.1 Å². The number of aryl methyl sites for hydroxylation is 1. The molecule has 1 saturated heterocycles. The van der Waals surface area contributed by atoms with Crippen molar-refractivity contribution in [2.24, 2.45) is 7.05 Å². The molecule has 4 aromatic rings. The van der Waals surface area contributed by atoms with Gasteiger partial charge in [0, 0.05) is 55.7 Å². The Bertz CT molecular complexity index is 1300. The number of piperidine rings is 1. The van der Waals surface area contributed by atoms with Crippen LogP contribution in [0.4, 0.5) is 0 Å². The fourth-order valence-electron chi connectivity index (χ4n) is 4.83. The molecule has 1 fully saturated rings. The number of para-hydroxylation sites is 1. The van der Waals surface area contributed by atoms with Crippen LogP contribution in [0.25, 0.3) is 22.5 Å². The van der Waals surface area contributed by atoms with E-state index in [1.807, 2.05) is 71.4 Å². The van der Waals surface area contributed by atoms with Gasteiger partial charge in [-0.15, -0.1) is 0 Å². The molecule has 1 amide bonds. The van der Waals surface area contributed by atoms with Gasteiger partial charge in [0.25, 0.3) is 5.91 Å². The topological polar surface area (TPSA) is 73.4 Å². The Kier molecular flexibility index (Phi) is 4.18. The molecule has 7 heteroatoms. The SMILES string of the molecule is Cn1ncc2c1-c1ccccc1OC21CCN(C(=O)c2cc(-c3ccccc3)no2)CC1. The predicted molar refractivity (Wildman–Crippen MR) is 118 cm³/mol. The van der Waals surface area contributed by atoms with Crippen molar-refractivity contribution in [2.75, 3.05) is 13.1 Å². The molecule has 0 atom stereocenters. The Morgan fingerprint density at radius 2 is 1.78 bits per heavy atom. The van der Waals surface area contributed by atoms with Gasteiger partial charge in [-0.05, 0) is 12.1 Å². The molecule has 1 spiro atoms. The van der Waals surface area contributed by atoms with E-state index in [1.54, 1.807) is 6.07 Å². The molecule has 0 bridgehead atoms. The van der Waals surface area contributed by atoms with Crippen molar-refractivity contribution < 1.29 is 14.1 Å². The number of hydrogen-bond acceptors (Lipinski definition) is 5. The normalized spacial score (nSPS) is 16.3. The number of rotatable bonds is 2. The van der Waals surface area contributed by atoms with Gasteiger partial charge in [0.1, 0.15) is 17.0 Å². The van der Waals surface area contributed by atoms with Crippen molar-refractivity contribution in [3.8, 4) is 28.3 Å². The standard InChI is InChI=1S/C25H22N4O3/c1-28-23-18-9-5-6-10-21(18)31-25(19(23)16-26-28)11-13-29(14-12-25)24(30)22-15-20(27-32-22)17-7-3-2-4-8-17/h2-10,15-16H,11-14H2,1H3. The second-order valence-corrected chi connectivity index (χ2v) is 8.36. The number of benzene rings is 2. The van der Waals surface area contributed by atoms with Gasteiger partial charge in [-0.3, -0.25) is 9.48 Å².